The van der Waals surface area contributed by atoms with Crippen molar-refractivity contribution in [2.75, 3.05) is 19.7 Å². The quantitative estimate of drug-likeness (QED) is 0.542. The Balaban J connectivity index is 2.88. The third-order valence-corrected chi connectivity index (χ3v) is 5.30. The Labute approximate surface area is 152 Å². The van der Waals surface area contributed by atoms with Gasteiger partial charge in [0, 0.05) is 33.4 Å². The van der Waals surface area contributed by atoms with E-state index >= 15 is 0 Å². The van der Waals surface area contributed by atoms with Gasteiger partial charge in [0.25, 0.3) is 0 Å². The number of hydrogen-bond donors (Lipinski definition) is 1. The summed E-state index contributed by atoms with van der Waals surface area (Å²) in [5, 5.41) is 9.67. The first kappa shape index (κ1) is 21.1. The van der Waals surface area contributed by atoms with Crippen LogP contribution in [0, 0.1) is 0 Å². The largest absolute Gasteiger partial charge is 0.463 e. The van der Waals surface area contributed by atoms with E-state index in [9.17, 15) is 14.7 Å². The Morgan fingerprint density at radius 2 is 1.92 bits per heavy atom. The van der Waals surface area contributed by atoms with Crippen molar-refractivity contribution in [1.82, 2.24) is 4.90 Å². The number of aliphatic hydroxyl groups is 1. The summed E-state index contributed by atoms with van der Waals surface area (Å²) in [6, 6.07) is 0. The number of rotatable bonds is 6. The summed E-state index contributed by atoms with van der Waals surface area (Å²) in [6.45, 7) is 8.02. The lowest BCUT2D eigenvalue weighted by molar-refractivity contribution is -0.218. The van der Waals surface area contributed by atoms with E-state index in [0.717, 1.165) is 13.1 Å². The van der Waals surface area contributed by atoms with Crippen molar-refractivity contribution in [2.24, 2.45) is 0 Å². The van der Waals surface area contributed by atoms with Crippen molar-refractivity contribution in [3.8, 4) is 0 Å². The maximum atomic E-state index is 11.5. The van der Waals surface area contributed by atoms with Crippen LogP contribution in [0.2, 0.25) is 0 Å². The van der Waals surface area contributed by atoms with Gasteiger partial charge in [-0.3, -0.25) is 9.59 Å². The molecule has 0 radical (unpaired) electrons. The Morgan fingerprint density at radius 3 is 2.42 bits per heavy atom. The summed E-state index contributed by atoms with van der Waals surface area (Å²) in [4.78, 5) is 24.5. The number of carbonyl (C=O) groups is 2. The zero-order valence-electron chi connectivity index (χ0n) is 14.4. The van der Waals surface area contributed by atoms with Gasteiger partial charge in [0.2, 0.25) is 0 Å². The van der Waals surface area contributed by atoms with E-state index in [4.69, 9.17) is 26.4 Å². The molecule has 0 amide bonds. The van der Waals surface area contributed by atoms with E-state index < -0.39 is 30.4 Å². The Hall–Kier alpha value is -0.900. The summed E-state index contributed by atoms with van der Waals surface area (Å²) >= 11 is 6.81. The molecule has 1 heterocycles. The van der Waals surface area contributed by atoms with Gasteiger partial charge in [0.15, 0.2) is 6.29 Å². The van der Waals surface area contributed by atoms with Gasteiger partial charge in [-0.15, -0.1) is 0 Å². The zero-order valence-corrected chi connectivity index (χ0v) is 16.0. The molecule has 1 rings (SSSR count). The van der Waals surface area contributed by atoms with Gasteiger partial charge < -0.3 is 24.2 Å². The predicted octanol–water partition coefficient (Wildman–Crippen LogP) is 1.32. The summed E-state index contributed by atoms with van der Waals surface area (Å²) in [5.74, 6) is -0.935. The molecule has 1 fully saturated rings. The molecule has 9 heteroatoms. The number of esters is 2. The average molecular weight is 380 g/mol. The second kappa shape index (κ2) is 10.2. The van der Waals surface area contributed by atoms with Gasteiger partial charge in [0.1, 0.15) is 23.1 Å². The molecule has 0 bridgehead atoms. The number of thioether (sulfide) groups is 1. The van der Waals surface area contributed by atoms with Crippen molar-refractivity contribution < 1.29 is 28.9 Å². The molecule has 1 aliphatic rings. The fourth-order valence-corrected chi connectivity index (χ4v) is 4.31. The van der Waals surface area contributed by atoms with E-state index in [1.165, 1.54) is 25.6 Å². The van der Waals surface area contributed by atoms with Crippen LogP contribution in [0.25, 0.3) is 0 Å². The van der Waals surface area contributed by atoms with Gasteiger partial charge in [-0.25, -0.2) is 0 Å². The standard InChI is InChI=1S/C15H25NO6S2/c1-5-16(6-2)15(23)24-12-7-13(19)22-11(8-20-9(3)17)14(12)21-10(4)18/h11-14,19H,5-8H2,1-4H3/t11-,12-,13+,14-/m1/s1. The highest BCUT2D eigenvalue weighted by Gasteiger charge is 2.42. The van der Waals surface area contributed by atoms with E-state index in [0.29, 0.717) is 4.32 Å². The monoisotopic (exact) mass is 379 g/mol. The first-order chi connectivity index (χ1) is 11.3. The minimum atomic E-state index is -1.03. The molecule has 0 aromatic carbocycles. The fourth-order valence-electron chi connectivity index (χ4n) is 2.39. The van der Waals surface area contributed by atoms with Crippen LogP contribution in [0.3, 0.4) is 0 Å². The normalized spacial score (nSPS) is 26.5. The number of thiocarbonyl (C=S) groups is 1. The van der Waals surface area contributed by atoms with E-state index in [1.54, 1.807) is 0 Å². The molecular weight excluding hydrogens is 354 g/mol. The molecule has 1 saturated heterocycles. The van der Waals surface area contributed by atoms with E-state index in [-0.39, 0.29) is 18.3 Å². The highest BCUT2D eigenvalue weighted by Crippen LogP contribution is 2.33. The summed E-state index contributed by atoms with van der Waals surface area (Å²) in [5.41, 5.74) is 0. The third kappa shape index (κ3) is 6.54. The minimum absolute atomic E-state index is 0.0978. The SMILES string of the molecule is CCN(CC)C(=S)S[C@@H]1C[C@@H](O)O[C@H](COC(C)=O)[C@H]1OC(C)=O. The van der Waals surface area contributed by atoms with Crippen LogP contribution in [0.5, 0.6) is 0 Å². The van der Waals surface area contributed by atoms with E-state index in [1.807, 2.05) is 18.7 Å². The van der Waals surface area contributed by atoms with Crippen LogP contribution < -0.4 is 0 Å². The number of nitrogens with zero attached hydrogens (tertiary/aromatic N) is 1. The van der Waals surface area contributed by atoms with E-state index in [2.05, 4.69) is 0 Å². The average Bonchev–Trinajstić information content (AvgIpc) is 2.48. The highest BCUT2D eigenvalue weighted by molar-refractivity contribution is 8.23. The molecule has 138 valence electrons. The first-order valence-corrected chi connectivity index (χ1v) is 9.16. The van der Waals surface area contributed by atoms with Crippen LogP contribution in [-0.4, -0.2) is 69.7 Å². The lowest BCUT2D eigenvalue weighted by atomic mass is 10.0. The Bertz CT molecular complexity index is 457. The zero-order chi connectivity index (χ0) is 18.3. The Morgan fingerprint density at radius 1 is 1.29 bits per heavy atom. The second-order valence-corrected chi connectivity index (χ2v) is 7.21. The number of hydrogen-bond acceptors (Lipinski definition) is 8. The maximum Gasteiger partial charge on any atom is 0.303 e. The van der Waals surface area contributed by atoms with Gasteiger partial charge in [0.05, 0.1) is 5.25 Å². The van der Waals surface area contributed by atoms with Crippen LogP contribution >= 0.6 is 24.0 Å². The molecule has 24 heavy (non-hydrogen) atoms. The van der Waals surface area contributed by atoms with Gasteiger partial charge >= 0.3 is 11.9 Å². The number of carbonyl (C=O) groups excluding carboxylic acids is 2. The topological polar surface area (TPSA) is 85.3 Å². The summed E-state index contributed by atoms with van der Waals surface area (Å²) in [6.07, 6.45) is -2.17. The molecule has 1 aliphatic heterocycles. The van der Waals surface area contributed by atoms with Gasteiger partial charge in [-0.2, -0.15) is 0 Å². The highest BCUT2D eigenvalue weighted by atomic mass is 32.2. The molecule has 4 atom stereocenters. The van der Waals surface area contributed by atoms with Crippen LogP contribution in [-0.2, 0) is 23.8 Å². The Kier molecular flexibility index (Phi) is 8.96. The third-order valence-electron chi connectivity index (χ3n) is 3.53. The van der Waals surface area contributed by atoms with Gasteiger partial charge in [-0.1, -0.05) is 24.0 Å². The van der Waals surface area contributed by atoms with Crippen molar-refractivity contribution in [3.05, 3.63) is 0 Å². The molecule has 0 unspecified atom stereocenters. The minimum Gasteiger partial charge on any atom is -0.463 e. The van der Waals surface area contributed by atoms with Crippen molar-refractivity contribution in [3.63, 3.8) is 0 Å². The second-order valence-electron chi connectivity index (χ2n) is 5.34. The summed E-state index contributed by atoms with van der Waals surface area (Å²) < 4.78 is 16.4. The van der Waals surface area contributed by atoms with Crippen LogP contribution in [0.4, 0.5) is 0 Å². The molecular formula is C15H25NO6S2. The fraction of sp³-hybridized carbons (Fsp3) is 0.800. The molecule has 0 spiro atoms. The van der Waals surface area contributed by atoms with Crippen molar-refractivity contribution >= 4 is 40.2 Å². The van der Waals surface area contributed by atoms with Crippen molar-refractivity contribution in [1.29, 1.82) is 0 Å². The lowest BCUT2D eigenvalue weighted by Gasteiger charge is -2.39. The first-order valence-electron chi connectivity index (χ1n) is 7.88. The number of aliphatic hydroxyl groups excluding tert-OH is 1. The van der Waals surface area contributed by atoms with Crippen LogP contribution in [0.1, 0.15) is 34.1 Å². The number of ether oxygens (including phenoxy) is 3. The molecule has 0 saturated carbocycles. The van der Waals surface area contributed by atoms with Crippen LogP contribution in [0.15, 0.2) is 0 Å². The molecule has 0 aliphatic carbocycles. The smallest absolute Gasteiger partial charge is 0.303 e. The van der Waals surface area contributed by atoms with Crippen molar-refractivity contribution in [2.45, 2.75) is 57.9 Å². The molecule has 7 nitrogen and oxygen atoms in total. The summed E-state index contributed by atoms with van der Waals surface area (Å²) in [7, 11) is 0. The predicted molar refractivity (Wildman–Crippen MR) is 94.6 cm³/mol. The molecule has 1 N–H and O–H groups in total. The van der Waals surface area contributed by atoms with Gasteiger partial charge in [-0.05, 0) is 13.8 Å². The molecule has 0 aromatic heterocycles. The molecule has 0 aromatic rings. The maximum absolute atomic E-state index is 11.5. The lowest BCUT2D eigenvalue weighted by Crippen LogP contribution is -2.51.